The third-order valence-electron chi connectivity index (χ3n) is 3.22. The molecule has 1 heterocycles. The van der Waals surface area contributed by atoms with Crippen molar-refractivity contribution >= 4 is 17.7 Å². The first-order valence-electron chi connectivity index (χ1n) is 7.04. The molecule has 114 valence electrons. The van der Waals surface area contributed by atoms with Gasteiger partial charge in [-0.05, 0) is 19.1 Å². The number of nitrogens with zero attached hydrogens (tertiary/aromatic N) is 2. The van der Waals surface area contributed by atoms with Crippen molar-refractivity contribution in [2.45, 2.75) is 16.8 Å². The van der Waals surface area contributed by atoms with Crippen LogP contribution in [0.5, 0.6) is 0 Å². The van der Waals surface area contributed by atoms with Crippen molar-refractivity contribution in [3.05, 3.63) is 71.9 Å². The molecule has 0 saturated heterocycles. The molecule has 0 aliphatic heterocycles. The third kappa shape index (κ3) is 3.57. The predicted molar refractivity (Wildman–Crippen MR) is 89.7 cm³/mol. The summed E-state index contributed by atoms with van der Waals surface area (Å²) in [7, 11) is 0. The lowest BCUT2D eigenvalue weighted by Crippen LogP contribution is -2.03. The van der Waals surface area contributed by atoms with E-state index in [-0.39, 0.29) is 5.56 Å². The summed E-state index contributed by atoms with van der Waals surface area (Å²) >= 11 is 1.33. The monoisotopic (exact) mass is 322 g/mol. The highest BCUT2D eigenvalue weighted by molar-refractivity contribution is 7.99. The first-order valence-corrected chi connectivity index (χ1v) is 7.85. The minimum atomic E-state index is -1.03. The van der Waals surface area contributed by atoms with Gasteiger partial charge >= 0.3 is 5.97 Å². The van der Waals surface area contributed by atoms with Crippen LogP contribution in [-0.4, -0.2) is 21.0 Å². The van der Waals surface area contributed by atoms with Crippen LogP contribution in [0.4, 0.5) is 0 Å². The largest absolute Gasteiger partial charge is 0.478 e. The summed E-state index contributed by atoms with van der Waals surface area (Å²) in [6.07, 6.45) is 1.37. The van der Waals surface area contributed by atoms with Crippen molar-refractivity contribution in [1.29, 1.82) is 0 Å². The van der Waals surface area contributed by atoms with E-state index in [2.05, 4.69) is 9.97 Å². The lowest BCUT2D eigenvalue weighted by Gasteiger charge is -2.08. The minimum Gasteiger partial charge on any atom is -0.478 e. The third-order valence-corrected chi connectivity index (χ3v) is 4.21. The number of hydrogen-bond acceptors (Lipinski definition) is 4. The van der Waals surface area contributed by atoms with Crippen LogP contribution in [0.2, 0.25) is 0 Å². The van der Waals surface area contributed by atoms with Gasteiger partial charge in [-0.25, -0.2) is 14.8 Å². The van der Waals surface area contributed by atoms with E-state index in [9.17, 15) is 9.90 Å². The molecule has 0 fully saturated rings. The molecule has 0 amide bonds. The number of carboxylic acids is 1. The zero-order valence-corrected chi connectivity index (χ0v) is 13.2. The lowest BCUT2D eigenvalue weighted by molar-refractivity contribution is 0.0691. The van der Waals surface area contributed by atoms with E-state index in [0.717, 1.165) is 16.0 Å². The zero-order valence-electron chi connectivity index (χ0n) is 12.4. The highest BCUT2D eigenvalue weighted by Crippen LogP contribution is 2.30. The molecule has 0 atom stereocenters. The molecule has 1 N–H and O–H groups in total. The molecule has 2 aromatic carbocycles. The van der Waals surface area contributed by atoms with E-state index in [1.165, 1.54) is 18.0 Å². The first kappa shape index (κ1) is 15.2. The van der Waals surface area contributed by atoms with Crippen molar-refractivity contribution in [2.24, 2.45) is 0 Å². The highest BCUT2D eigenvalue weighted by Gasteiger charge is 2.15. The second-order valence-corrected chi connectivity index (χ2v) is 6.06. The molecule has 3 aromatic rings. The van der Waals surface area contributed by atoms with Crippen LogP contribution >= 0.6 is 11.8 Å². The number of aromatic carboxylic acids is 1. The second-order valence-electron chi connectivity index (χ2n) is 5.00. The van der Waals surface area contributed by atoms with Gasteiger partial charge in [0.15, 0.2) is 5.82 Å². The number of carboxylic acid groups (broad SMARTS) is 1. The van der Waals surface area contributed by atoms with Gasteiger partial charge in [0.2, 0.25) is 0 Å². The number of rotatable bonds is 4. The van der Waals surface area contributed by atoms with Crippen LogP contribution in [-0.2, 0) is 0 Å². The summed E-state index contributed by atoms with van der Waals surface area (Å²) in [4.78, 5) is 21.0. The molecule has 5 heteroatoms. The van der Waals surface area contributed by atoms with Crippen molar-refractivity contribution in [3.8, 4) is 11.4 Å². The molecule has 23 heavy (non-hydrogen) atoms. The molecule has 4 nitrogen and oxygen atoms in total. The first-order chi connectivity index (χ1) is 11.1. The van der Waals surface area contributed by atoms with E-state index in [1.807, 2.05) is 61.5 Å². The van der Waals surface area contributed by atoms with Crippen LogP contribution in [0.3, 0.4) is 0 Å². The maximum Gasteiger partial charge on any atom is 0.340 e. The highest BCUT2D eigenvalue weighted by atomic mass is 32.2. The Morgan fingerprint density at radius 1 is 1.09 bits per heavy atom. The molecule has 0 aliphatic carbocycles. The molecular weight excluding hydrogens is 308 g/mol. The molecule has 3 rings (SSSR count). The van der Waals surface area contributed by atoms with Crippen molar-refractivity contribution in [1.82, 2.24) is 9.97 Å². The standard InChI is InChI=1S/C18H14N2O2S/c1-12-6-5-9-14(10-12)23-17-15(18(21)22)11-19-16(20-17)13-7-3-2-4-8-13/h2-11H,1H3,(H,21,22). The van der Waals surface area contributed by atoms with Gasteiger partial charge in [0, 0.05) is 16.7 Å². The zero-order chi connectivity index (χ0) is 16.2. The van der Waals surface area contributed by atoms with E-state index in [4.69, 9.17) is 0 Å². The Morgan fingerprint density at radius 2 is 1.87 bits per heavy atom. The Kier molecular flexibility index (Phi) is 4.39. The fraction of sp³-hybridized carbons (Fsp3) is 0.0556. The molecule has 0 spiro atoms. The summed E-state index contributed by atoms with van der Waals surface area (Å²) in [5.41, 5.74) is 2.08. The second kappa shape index (κ2) is 6.62. The molecule has 0 unspecified atom stereocenters. The Hall–Kier alpha value is -2.66. The summed E-state index contributed by atoms with van der Waals surface area (Å²) in [6.45, 7) is 2.00. The molecule has 1 aromatic heterocycles. The topological polar surface area (TPSA) is 63.1 Å². The van der Waals surface area contributed by atoms with Gasteiger partial charge in [-0.15, -0.1) is 0 Å². The Labute approximate surface area is 138 Å². The smallest absolute Gasteiger partial charge is 0.340 e. The molecule has 0 bridgehead atoms. The summed E-state index contributed by atoms with van der Waals surface area (Å²) in [5, 5.41) is 9.81. The Bertz CT molecular complexity index is 851. The molecule has 0 saturated carbocycles. The maximum absolute atomic E-state index is 11.4. The predicted octanol–water partition coefficient (Wildman–Crippen LogP) is 4.30. The average Bonchev–Trinajstić information content (AvgIpc) is 2.55. The van der Waals surface area contributed by atoms with Gasteiger partial charge in [0.25, 0.3) is 0 Å². The SMILES string of the molecule is Cc1cccc(Sc2nc(-c3ccccc3)ncc2C(=O)O)c1. The van der Waals surface area contributed by atoms with Gasteiger partial charge in [-0.3, -0.25) is 0 Å². The van der Waals surface area contributed by atoms with Gasteiger partial charge < -0.3 is 5.11 Å². The van der Waals surface area contributed by atoms with Gasteiger partial charge in [0.1, 0.15) is 10.6 Å². The van der Waals surface area contributed by atoms with Gasteiger partial charge in [-0.1, -0.05) is 59.8 Å². The number of aromatic nitrogens is 2. The Balaban J connectivity index is 2.04. The number of benzene rings is 2. The normalized spacial score (nSPS) is 10.5. The van der Waals surface area contributed by atoms with E-state index < -0.39 is 5.97 Å². The van der Waals surface area contributed by atoms with Gasteiger partial charge in [-0.2, -0.15) is 0 Å². The van der Waals surface area contributed by atoms with E-state index in [1.54, 1.807) is 0 Å². The fourth-order valence-electron chi connectivity index (χ4n) is 2.11. The van der Waals surface area contributed by atoms with E-state index >= 15 is 0 Å². The number of aryl methyl sites for hydroxylation is 1. The fourth-order valence-corrected chi connectivity index (χ4v) is 3.10. The molecule has 0 radical (unpaired) electrons. The lowest BCUT2D eigenvalue weighted by atomic mass is 10.2. The van der Waals surface area contributed by atoms with Crippen LogP contribution in [0, 0.1) is 6.92 Å². The van der Waals surface area contributed by atoms with Crippen molar-refractivity contribution in [3.63, 3.8) is 0 Å². The summed E-state index contributed by atoms with van der Waals surface area (Å²) in [5.74, 6) is -0.509. The van der Waals surface area contributed by atoms with Crippen LogP contribution in [0.25, 0.3) is 11.4 Å². The quantitative estimate of drug-likeness (QED) is 0.726. The van der Waals surface area contributed by atoms with Crippen LogP contribution in [0.15, 0.2) is 70.7 Å². The molecular formula is C18H14N2O2S. The summed E-state index contributed by atoms with van der Waals surface area (Å²) in [6, 6.07) is 17.4. The van der Waals surface area contributed by atoms with Crippen molar-refractivity contribution in [2.75, 3.05) is 0 Å². The van der Waals surface area contributed by atoms with Crippen LogP contribution < -0.4 is 0 Å². The number of carbonyl (C=O) groups is 1. The van der Waals surface area contributed by atoms with E-state index in [0.29, 0.717) is 10.9 Å². The molecule has 0 aliphatic rings. The summed E-state index contributed by atoms with van der Waals surface area (Å²) < 4.78 is 0. The van der Waals surface area contributed by atoms with Crippen molar-refractivity contribution < 1.29 is 9.90 Å². The average molecular weight is 322 g/mol. The van der Waals surface area contributed by atoms with Gasteiger partial charge in [0.05, 0.1) is 0 Å². The Morgan fingerprint density at radius 3 is 2.57 bits per heavy atom. The van der Waals surface area contributed by atoms with Crippen LogP contribution in [0.1, 0.15) is 15.9 Å². The number of hydrogen-bond donors (Lipinski definition) is 1. The minimum absolute atomic E-state index is 0.108. The maximum atomic E-state index is 11.4.